The zero-order valence-corrected chi connectivity index (χ0v) is 13.8. The number of hydrogen-bond donors (Lipinski definition) is 2. The molecule has 0 bridgehead atoms. The molecule has 1 fully saturated rings. The van der Waals surface area contributed by atoms with Crippen LogP contribution >= 0.6 is 11.6 Å². The van der Waals surface area contributed by atoms with Crippen molar-refractivity contribution in [2.45, 2.75) is 32.7 Å². The molecular weight excluding hydrogens is 314 g/mol. The maximum atomic E-state index is 12.3. The summed E-state index contributed by atoms with van der Waals surface area (Å²) < 4.78 is 2.19. The average molecular weight is 332 g/mol. The van der Waals surface area contributed by atoms with Crippen LogP contribution < -0.4 is 10.9 Å². The van der Waals surface area contributed by atoms with E-state index >= 15 is 0 Å². The minimum absolute atomic E-state index is 0.318. The fourth-order valence-corrected chi connectivity index (χ4v) is 3.02. The Kier molecular flexibility index (Phi) is 4.13. The van der Waals surface area contributed by atoms with Crippen LogP contribution in [0.15, 0.2) is 30.3 Å². The van der Waals surface area contributed by atoms with Gasteiger partial charge in [0.25, 0.3) is 11.8 Å². The van der Waals surface area contributed by atoms with E-state index in [1.165, 1.54) is 0 Å². The lowest BCUT2D eigenvalue weighted by atomic mass is 10.2. The molecule has 0 unspecified atom stereocenters. The van der Waals surface area contributed by atoms with Crippen LogP contribution in [0.1, 0.15) is 51.0 Å². The first-order chi connectivity index (χ1) is 11.0. The van der Waals surface area contributed by atoms with E-state index in [2.05, 4.69) is 15.4 Å². The Morgan fingerprint density at radius 2 is 1.70 bits per heavy atom. The van der Waals surface area contributed by atoms with Crippen molar-refractivity contribution >= 4 is 23.4 Å². The number of amides is 2. The summed E-state index contributed by atoms with van der Waals surface area (Å²) in [6, 6.07) is 9.04. The third kappa shape index (κ3) is 3.10. The van der Waals surface area contributed by atoms with E-state index in [1.54, 1.807) is 24.3 Å². The van der Waals surface area contributed by atoms with E-state index in [0.29, 0.717) is 22.2 Å². The maximum absolute atomic E-state index is 12.3. The molecule has 1 aromatic carbocycles. The molecule has 1 aliphatic rings. The molecular formula is C17H18ClN3O2. The third-order valence-electron chi connectivity index (χ3n) is 4.05. The van der Waals surface area contributed by atoms with E-state index in [9.17, 15) is 9.59 Å². The van der Waals surface area contributed by atoms with E-state index < -0.39 is 5.91 Å². The van der Waals surface area contributed by atoms with Gasteiger partial charge in [-0.3, -0.25) is 20.4 Å². The summed E-state index contributed by atoms with van der Waals surface area (Å²) in [4.78, 5) is 24.4. The second kappa shape index (κ2) is 6.08. The second-order valence-corrected chi connectivity index (χ2v) is 6.18. The zero-order valence-electron chi connectivity index (χ0n) is 13.0. The van der Waals surface area contributed by atoms with E-state index in [4.69, 9.17) is 11.6 Å². The number of carbonyl (C=O) groups excluding carboxylic acids is 2. The molecule has 0 atom stereocenters. The summed E-state index contributed by atoms with van der Waals surface area (Å²) in [6.07, 6.45) is 2.31. The minimum atomic E-state index is -0.444. The molecule has 0 spiro atoms. The van der Waals surface area contributed by atoms with Crippen molar-refractivity contribution in [3.63, 3.8) is 0 Å². The van der Waals surface area contributed by atoms with Crippen molar-refractivity contribution in [2.24, 2.45) is 0 Å². The molecule has 2 N–H and O–H groups in total. The van der Waals surface area contributed by atoms with E-state index in [1.807, 2.05) is 19.9 Å². The molecule has 0 radical (unpaired) electrons. The number of aryl methyl sites for hydroxylation is 1. The van der Waals surface area contributed by atoms with Gasteiger partial charge >= 0.3 is 0 Å². The highest BCUT2D eigenvalue weighted by molar-refractivity contribution is 6.33. The lowest BCUT2D eigenvalue weighted by molar-refractivity contribution is 0.0846. The smallest absolute Gasteiger partial charge is 0.271 e. The first kappa shape index (κ1) is 15.6. The molecule has 0 aliphatic heterocycles. The van der Waals surface area contributed by atoms with Crippen LogP contribution in [-0.2, 0) is 0 Å². The van der Waals surface area contributed by atoms with Gasteiger partial charge in [-0.2, -0.15) is 0 Å². The summed E-state index contributed by atoms with van der Waals surface area (Å²) in [6.45, 7) is 3.92. The van der Waals surface area contributed by atoms with Gasteiger partial charge in [-0.05, 0) is 44.9 Å². The van der Waals surface area contributed by atoms with E-state index in [-0.39, 0.29) is 5.91 Å². The highest BCUT2D eigenvalue weighted by Gasteiger charge is 2.28. The zero-order chi connectivity index (χ0) is 16.6. The Morgan fingerprint density at radius 1 is 1.09 bits per heavy atom. The molecule has 120 valence electrons. The van der Waals surface area contributed by atoms with Crippen LogP contribution in [0.25, 0.3) is 0 Å². The number of nitrogens with zero attached hydrogens (tertiary/aromatic N) is 1. The highest BCUT2D eigenvalue weighted by Crippen LogP contribution is 2.38. The number of halogens is 1. The first-order valence-electron chi connectivity index (χ1n) is 7.52. The lowest BCUT2D eigenvalue weighted by Gasteiger charge is -2.09. The van der Waals surface area contributed by atoms with Crippen LogP contribution in [-0.4, -0.2) is 16.4 Å². The van der Waals surface area contributed by atoms with Crippen molar-refractivity contribution in [1.29, 1.82) is 0 Å². The van der Waals surface area contributed by atoms with Gasteiger partial charge in [-0.25, -0.2) is 0 Å². The van der Waals surface area contributed by atoms with Gasteiger partial charge in [0.1, 0.15) is 0 Å². The van der Waals surface area contributed by atoms with Crippen LogP contribution in [0.4, 0.5) is 0 Å². The predicted molar refractivity (Wildman–Crippen MR) is 88.6 cm³/mol. The fraction of sp³-hybridized carbons (Fsp3) is 0.294. The standard InChI is InChI=1S/C17H18ClN3O2/c1-10-9-14(11(2)21(10)12-7-8-12)17(23)20-19-16(22)13-5-3-4-6-15(13)18/h3-6,9,12H,7-8H2,1-2H3,(H,19,22)(H,20,23). The van der Waals surface area contributed by atoms with Crippen molar-refractivity contribution in [1.82, 2.24) is 15.4 Å². The number of nitrogens with one attached hydrogen (secondary N) is 2. The first-order valence-corrected chi connectivity index (χ1v) is 7.90. The predicted octanol–water partition coefficient (Wildman–Crippen LogP) is 3.17. The average Bonchev–Trinajstić information content (AvgIpc) is 3.30. The van der Waals surface area contributed by atoms with E-state index in [0.717, 1.165) is 24.2 Å². The van der Waals surface area contributed by atoms with Crippen molar-refractivity contribution in [2.75, 3.05) is 0 Å². The lowest BCUT2D eigenvalue weighted by Crippen LogP contribution is -2.41. The number of rotatable bonds is 3. The number of benzene rings is 1. The van der Waals surface area contributed by atoms with Gasteiger partial charge in [0.05, 0.1) is 16.1 Å². The molecule has 23 heavy (non-hydrogen) atoms. The molecule has 6 heteroatoms. The third-order valence-corrected chi connectivity index (χ3v) is 4.38. The molecule has 1 saturated carbocycles. The quantitative estimate of drug-likeness (QED) is 0.848. The summed E-state index contributed by atoms with van der Waals surface area (Å²) in [7, 11) is 0. The Morgan fingerprint density at radius 3 is 2.30 bits per heavy atom. The molecule has 0 saturated heterocycles. The summed E-state index contributed by atoms with van der Waals surface area (Å²) in [5.41, 5.74) is 7.74. The summed E-state index contributed by atoms with van der Waals surface area (Å²) in [5, 5.41) is 0.339. The molecule has 1 aliphatic carbocycles. The minimum Gasteiger partial charge on any atom is -0.345 e. The van der Waals surface area contributed by atoms with Crippen LogP contribution in [0.3, 0.4) is 0 Å². The van der Waals surface area contributed by atoms with Gasteiger partial charge in [0.15, 0.2) is 0 Å². The molecule has 2 aromatic rings. The van der Waals surface area contributed by atoms with Crippen molar-refractivity contribution < 1.29 is 9.59 Å². The number of hydrogen-bond acceptors (Lipinski definition) is 2. The number of aromatic nitrogens is 1. The van der Waals surface area contributed by atoms with Gasteiger partial charge < -0.3 is 4.57 Å². The molecule has 3 rings (SSSR count). The SMILES string of the molecule is Cc1cc(C(=O)NNC(=O)c2ccccc2Cl)c(C)n1C1CC1. The topological polar surface area (TPSA) is 63.1 Å². The Balaban J connectivity index is 1.69. The second-order valence-electron chi connectivity index (χ2n) is 5.77. The summed E-state index contributed by atoms with van der Waals surface area (Å²) >= 11 is 5.97. The van der Waals surface area contributed by atoms with Gasteiger partial charge in [-0.1, -0.05) is 23.7 Å². The normalized spacial score (nSPS) is 13.7. The number of carbonyl (C=O) groups is 2. The summed E-state index contributed by atoms with van der Waals surface area (Å²) in [5.74, 6) is -0.773. The monoisotopic (exact) mass is 331 g/mol. The Bertz CT molecular complexity index is 778. The van der Waals surface area contributed by atoms with Gasteiger partial charge in [0, 0.05) is 17.4 Å². The van der Waals surface area contributed by atoms with Crippen LogP contribution in [0.5, 0.6) is 0 Å². The van der Waals surface area contributed by atoms with Crippen LogP contribution in [0.2, 0.25) is 5.02 Å². The molecule has 2 amide bonds. The maximum Gasteiger partial charge on any atom is 0.271 e. The molecule has 5 nitrogen and oxygen atoms in total. The molecule has 1 aromatic heterocycles. The Hall–Kier alpha value is -2.27. The largest absolute Gasteiger partial charge is 0.345 e. The highest BCUT2D eigenvalue weighted by atomic mass is 35.5. The Labute approximate surface area is 139 Å². The molecule has 1 heterocycles. The van der Waals surface area contributed by atoms with Gasteiger partial charge in [-0.15, -0.1) is 0 Å². The van der Waals surface area contributed by atoms with Crippen LogP contribution in [0, 0.1) is 13.8 Å². The van der Waals surface area contributed by atoms with Crippen molar-refractivity contribution in [3.05, 3.63) is 57.9 Å². The number of hydrazine groups is 1. The van der Waals surface area contributed by atoms with Gasteiger partial charge in [0.2, 0.25) is 0 Å². The van der Waals surface area contributed by atoms with Crippen molar-refractivity contribution in [3.8, 4) is 0 Å². The fourth-order valence-electron chi connectivity index (χ4n) is 2.80.